The zero-order valence-electron chi connectivity index (χ0n) is 7.08. The van der Waals surface area contributed by atoms with Crippen molar-refractivity contribution in [2.75, 3.05) is 5.43 Å². The van der Waals surface area contributed by atoms with Gasteiger partial charge in [-0.05, 0) is 12.1 Å². The SMILES string of the molecule is NNc1ccccc1.O=CC(F)(F)F. The van der Waals surface area contributed by atoms with E-state index in [1.807, 2.05) is 30.3 Å². The zero-order chi connectivity index (χ0) is 11.0. The Balaban J connectivity index is 0.000000255. The van der Waals surface area contributed by atoms with Gasteiger partial charge >= 0.3 is 6.18 Å². The highest BCUT2D eigenvalue weighted by atomic mass is 19.4. The van der Waals surface area contributed by atoms with Gasteiger partial charge < -0.3 is 5.43 Å². The van der Waals surface area contributed by atoms with Gasteiger partial charge in [-0.1, -0.05) is 18.2 Å². The molecule has 0 heterocycles. The summed E-state index contributed by atoms with van der Waals surface area (Å²) in [6, 6.07) is 9.60. The molecule has 3 nitrogen and oxygen atoms in total. The normalized spacial score (nSPS) is 9.71. The van der Waals surface area contributed by atoms with E-state index in [1.165, 1.54) is 0 Å². The van der Waals surface area contributed by atoms with Crippen LogP contribution in [0.1, 0.15) is 0 Å². The lowest BCUT2D eigenvalue weighted by Crippen LogP contribution is -2.07. The summed E-state index contributed by atoms with van der Waals surface area (Å²) in [7, 11) is 0. The third-order valence-corrected chi connectivity index (χ3v) is 1.07. The van der Waals surface area contributed by atoms with Crippen molar-refractivity contribution in [2.24, 2.45) is 5.84 Å². The molecule has 1 aromatic rings. The summed E-state index contributed by atoms with van der Waals surface area (Å²) < 4.78 is 31.2. The maximum Gasteiger partial charge on any atom is 0.446 e. The minimum Gasteiger partial charge on any atom is -0.324 e. The fourth-order valence-corrected chi connectivity index (χ4v) is 0.534. The molecule has 0 aromatic heterocycles. The summed E-state index contributed by atoms with van der Waals surface area (Å²) in [5, 5.41) is 0. The number of carbonyl (C=O) groups is 1. The molecule has 0 aliphatic carbocycles. The molecule has 6 heteroatoms. The molecule has 0 fully saturated rings. The number of benzene rings is 1. The lowest BCUT2D eigenvalue weighted by molar-refractivity contribution is -0.156. The minimum absolute atomic E-state index is 0.938. The predicted molar refractivity (Wildman–Crippen MR) is 46.4 cm³/mol. The van der Waals surface area contributed by atoms with E-state index in [4.69, 9.17) is 10.6 Å². The number of nitrogens with one attached hydrogen (secondary N) is 1. The lowest BCUT2D eigenvalue weighted by atomic mass is 10.3. The molecule has 0 aliphatic rings. The van der Waals surface area contributed by atoms with Gasteiger partial charge in [0.15, 0.2) is 0 Å². The molecular weight excluding hydrogens is 197 g/mol. The van der Waals surface area contributed by atoms with Crippen LogP contribution in [0.15, 0.2) is 30.3 Å². The van der Waals surface area contributed by atoms with Gasteiger partial charge in [0.1, 0.15) is 0 Å². The van der Waals surface area contributed by atoms with E-state index in [-0.39, 0.29) is 0 Å². The van der Waals surface area contributed by atoms with Gasteiger partial charge in [-0.15, -0.1) is 0 Å². The number of hydrogen-bond donors (Lipinski definition) is 2. The molecule has 0 saturated carbocycles. The van der Waals surface area contributed by atoms with Crippen LogP contribution >= 0.6 is 0 Å². The van der Waals surface area contributed by atoms with Crippen molar-refractivity contribution in [3.63, 3.8) is 0 Å². The monoisotopic (exact) mass is 206 g/mol. The van der Waals surface area contributed by atoms with Crippen LogP contribution in [0.25, 0.3) is 0 Å². The van der Waals surface area contributed by atoms with Crippen LogP contribution in [0, 0.1) is 0 Å². The summed E-state index contributed by atoms with van der Waals surface area (Å²) in [5.41, 5.74) is 3.46. The Morgan fingerprint density at radius 1 is 1.21 bits per heavy atom. The zero-order valence-corrected chi connectivity index (χ0v) is 7.08. The number of anilines is 1. The molecule has 0 unspecified atom stereocenters. The molecule has 0 saturated heterocycles. The van der Waals surface area contributed by atoms with Crippen molar-refractivity contribution in [1.82, 2.24) is 0 Å². The Labute approximate surface area is 78.7 Å². The van der Waals surface area contributed by atoms with E-state index in [9.17, 15) is 13.2 Å². The first-order valence-corrected chi connectivity index (χ1v) is 3.54. The van der Waals surface area contributed by atoms with Crippen molar-refractivity contribution in [2.45, 2.75) is 6.18 Å². The van der Waals surface area contributed by atoms with Gasteiger partial charge in [-0.3, -0.25) is 10.6 Å². The fourth-order valence-electron chi connectivity index (χ4n) is 0.534. The van der Waals surface area contributed by atoms with Crippen molar-refractivity contribution < 1.29 is 18.0 Å². The van der Waals surface area contributed by atoms with E-state index in [1.54, 1.807) is 0 Å². The number of para-hydroxylation sites is 1. The van der Waals surface area contributed by atoms with Crippen molar-refractivity contribution >= 4 is 12.0 Å². The van der Waals surface area contributed by atoms with Gasteiger partial charge in [0.05, 0.1) is 0 Å². The number of carbonyl (C=O) groups excluding carboxylic acids is 1. The van der Waals surface area contributed by atoms with E-state index < -0.39 is 12.5 Å². The van der Waals surface area contributed by atoms with Crippen LogP contribution in [-0.2, 0) is 4.79 Å². The number of hydrogen-bond acceptors (Lipinski definition) is 3. The highest BCUT2D eigenvalue weighted by molar-refractivity contribution is 5.56. The van der Waals surface area contributed by atoms with Crippen molar-refractivity contribution in [1.29, 1.82) is 0 Å². The Morgan fingerprint density at radius 3 is 1.86 bits per heavy atom. The van der Waals surface area contributed by atoms with Crippen LogP contribution in [0.2, 0.25) is 0 Å². The molecule has 78 valence electrons. The summed E-state index contributed by atoms with van der Waals surface area (Å²) in [4.78, 5) is 8.70. The molecule has 3 N–H and O–H groups in total. The van der Waals surface area contributed by atoms with Gasteiger partial charge in [0.2, 0.25) is 6.29 Å². The lowest BCUT2D eigenvalue weighted by Gasteiger charge is -1.94. The number of halogens is 3. The molecule has 0 radical (unpaired) electrons. The standard InChI is InChI=1S/C6H8N2.C2HF3O/c7-8-6-4-2-1-3-5-6;3-2(4,5)1-6/h1-5,8H,7H2;1H. The molecule has 1 aromatic carbocycles. The number of nitrogens with two attached hydrogens (primary N) is 1. The van der Waals surface area contributed by atoms with Crippen LogP contribution in [-0.4, -0.2) is 12.5 Å². The number of aldehydes is 1. The maximum absolute atomic E-state index is 10.4. The maximum atomic E-state index is 10.4. The number of hydrazine groups is 1. The second kappa shape index (κ2) is 5.98. The Morgan fingerprint density at radius 2 is 1.64 bits per heavy atom. The van der Waals surface area contributed by atoms with Gasteiger partial charge in [-0.2, -0.15) is 13.2 Å². The minimum atomic E-state index is -4.64. The average Bonchev–Trinajstić information content (AvgIpc) is 2.19. The molecular formula is C8H9F3N2O. The number of nitrogen functional groups attached to an aromatic ring is 1. The summed E-state index contributed by atoms with van der Waals surface area (Å²) in [6.07, 6.45) is -5.70. The van der Waals surface area contributed by atoms with Crippen LogP contribution in [0.3, 0.4) is 0 Å². The topological polar surface area (TPSA) is 55.1 Å². The number of alkyl halides is 3. The summed E-state index contributed by atoms with van der Waals surface area (Å²) in [5.74, 6) is 5.10. The van der Waals surface area contributed by atoms with E-state index in [0.717, 1.165) is 5.69 Å². The van der Waals surface area contributed by atoms with Gasteiger partial charge in [0.25, 0.3) is 0 Å². The van der Waals surface area contributed by atoms with Gasteiger partial charge in [-0.25, -0.2) is 0 Å². The quantitative estimate of drug-likeness (QED) is 0.418. The third kappa shape index (κ3) is 7.11. The second-order valence-corrected chi connectivity index (χ2v) is 2.17. The second-order valence-electron chi connectivity index (χ2n) is 2.17. The molecule has 0 aliphatic heterocycles. The highest BCUT2D eigenvalue weighted by Gasteiger charge is 2.24. The fraction of sp³-hybridized carbons (Fsp3) is 0.125. The van der Waals surface area contributed by atoms with Crippen molar-refractivity contribution in [3.8, 4) is 0 Å². The molecule has 0 amide bonds. The average molecular weight is 206 g/mol. The first-order valence-electron chi connectivity index (χ1n) is 3.54. The third-order valence-electron chi connectivity index (χ3n) is 1.07. The molecule has 0 atom stereocenters. The molecule has 14 heavy (non-hydrogen) atoms. The van der Waals surface area contributed by atoms with Crippen LogP contribution in [0.5, 0.6) is 0 Å². The Bertz CT molecular complexity index is 261. The molecule has 0 spiro atoms. The largest absolute Gasteiger partial charge is 0.446 e. The van der Waals surface area contributed by atoms with E-state index >= 15 is 0 Å². The predicted octanol–water partition coefficient (Wildman–Crippen LogP) is 1.72. The Kier molecular flexibility index (Phi) is 5.31. The number of rotatable bonds is 1. The Hall–Kier alpha value is -1.56. The van der Waals surface area contributed by atoms with E-state index in [2.05, 4.69) is 5.43 Å². The highest BCUT2D eigenvalue weighted by Crippen LogP contribution is 2.08. The van der Waals surface area contributed by atoms with E-state index in [0.29, 0.717) is 0 Å². The molecule has 0 bridgehead atoms. The first kappa shape index (κ1) is 12.4. The summed E-state index contributed by atoms with van der Waals surface area (Å²) >= 11 is 0. The smallest absolute Gasteiger partial charge is 0.324 e. The first-order chi connectivity index (χ1) is 6.49. The van der Waals surface area contributed by atoms with Gasteiger partial charge in [0, 0.05) is 5.69 Å². The van der Waals surface area contributed by atoms with Crippen LogP contribution in [0.4, 0.5) is 18.9 Å². The van der Waals surface area contributed by atoms with Crippen molar-refractivity contribution in [3.05, 3.63) is 30.3 Å². The summed E-state index contributed by atoms with van der Waals surface area (Å²) in [6.45, 7) is 0. The van der Waals surface area contributed by atoms with Crippen LogP contribution < -0.4 is 11.3 Å². The molecule has 1 rings (SSSR count).